The van der Waals surface area contributed by atoms with Crippen LogP contribution in [-0.4, -0.2) is 16.1 Å². The van der Waals surface area contributed by atoms with Crippen LogP contribution in [0.2, 0.25) is 0 Å². The van der Waals surface area contributed by atoms with E-state index in [1.54, 1.807) is 0 Å². The zero-order chi connectivity index (χ0) is 18.7. The van der Waals surface area contributed by atoms with Crippen LogP contribution in [0.5, 0.6) is 0 Å². The van der Waals surface area contributed by atoms with Crippen molar-refractivity contribution in [3.63, 3.8) is 0 Å². The van der Waals surface area contributed by atoms with Crippen molar-refractivity contribution >= 4 is 23.4 Å². The van der Waals surface area contributed by atoms with Crippen molar-refractivity contribution in [1.82, 2.24) is 4.98 Å². The van der Waals surface area contributed by atoms with Gasteiger partial charge >= 0.3 is 0 Å². The zero-order valence-electron chi connectivity index (χ0n) is 15.5. The van der Waals surface area contributed by atoms with Gasteiger partial charge in [-0.05, 0) is 64.3 Å². The molecule has 0 saturated carbocycles. The van der Waals surface area contributed by atoms with Crippen LogP contribution in [0.15, 0.2) is 23.2 Å². The standard InChI is InChI=1S/C20H23N3OS/c1-11-7-13(3)18(14(4)8-11)23-19(24)16(6)25-20-17(10-21)12(2)9-15(5)22-20/h7-9,16H,1-6H3,(H,23,24). The molecule has 1 unspecified atom stereocenters. The number of nitrogens with one attached hydrogen (secondary N) is 1. The number of amides is 1. The molecule has 1 aromatic heterocycles. The molecule has 1 amide bonds. The summed E-state index contributed by atoms with van der Waals surface area (Å²) in [7, 11) is 0. The van der Waals surface area contributed by atoms with Crippen LogP contribution in [0.4, 0.5) is 5.69 Å². The molecular formula is C20H23N3OS. The summed E-state index contributed by atoms with van der Waals surface area (Å²) in [6.07, 6.45) is 0. The molecule has 1 atom stereocenters. The topological polar surface area (TPSA) is 65.8 Å². The molecule has 0 spiro atoms. The highest BCUT2D eigenvalue weighted by molar-refractivity contribution is 8.00. The first-order valence-corrected chi connectivity index (χ1v) is 9.04. The van der Waals surface area contributed by atoms with Crippen molar-refractivity contribution in [2.75, 3.05) is 5.32 Å². The van der Waals surface area contributed by atoms with Crippen molar-refractivity contribution < 1.29 is 4.79 Å². The molecule has 130 valence electrons. The minimum absolute atomic E-state index is 0.0927. The van der Waals surface area contributed by atoms with Crippen molar-refractivity contribution in [2.24, 2.45) is 0 Å². The second-order valence-electron chi connectivity index (χ2n) is 6.40. The Bertz CT molecular complexity index is 845. The number of aryl methyl sites for hydroxylation is 5. The van der Waals surface area contributed by atoms with Crippen LogP contribution in [0.3, 0.4) is 0 Å². The molecule has 1 aromatic carbocycles. The summed E-state index contributed by atoms with van der Waals surface area (Å²) in [6, 6.07) is 8.19. The first-order chi connectivity index (χ1) is 11.7. The largest absolute Gasteiger partial charge is 0.325 e. The molecule has 2 aromatic rings. The van der Waals surface area contributed by atoms with E-state index in [4.69, 9.17) is 0 Å². The Morgan fingerprint density at radius 3 is 2.28 bits per heavy atom. The number of nitrogens with zero attached hydrogens (tertiary/aromatic N) is 2. The first kappa shape index (κ1) is 19.0. The van der Waals surface area contributed by atoms with E-state index in [1.165, 1.54) is 17.3 Å². The fraction of sp³-hybridized carbons (Fsp3) is 0.350. The molecular weight excluding hydrogens is 330 g/mol. The maximum Gasteiger partial charge on any atom is 0.237 e. The minimum atomic E-state index is -0.360. The Morgan fingerprint density at radius 1 is 1.12 bits per heavy atom. The maximum absolute atomic E-state index is 12.6. The molecule has 0 saturated heterocycles. The SMILES string of the molecule is Cc1cc(C)c(NC(=O)C(C)Sc2nc(C)cc(C)c2C#N)c(C)c1. The zero-order valence-corrected chi connectivity index (χ0v) is 16.3. The number of anilines is 1. The number of nitriles is 1. The van der Waals surface area contributed by atoms with E-state index < -0.39 is 0 Å². The van der Waals surface area contributed by atoms with E-state index in [2.05, 4.69) is 28.5 Å². The summed E-state index contributed by atoms with van der Waals surface area (Å²) >= 11 is 1.32. The summed E-state index contributed by atoms with van der Waals surface area (Å²) in [5.41, 5.74) is 6.39. The van der Waals surface area contributed by atoms with Gasteiger partial charge in [-0.25, -0.2) is 4.98 Å². The van der Waals surface area contributed by atoms with Crippen molar-refractivity contribution in [1.29, 1.82) is 5.26 Å². The molecule has 0 aliphatic carbocycles. The maximum atomic E-state index is 12.6. The van der Waals surface area contributed by atoms with Gasteiger partial charge in [-0.1, -0.05) is 29.5 Å². The number of rotatable bonds is 4. The molecule has 25 heavy (non-hydrogen) atoms. The highest BCUT2D eigenvalue weighted by Crippen LogP contribution is 2.29. The van der Waals surface area contributed by atoms with Gasteiger partial charge in [0.25, 0.3) is 0 Å². The minimum Gasteiger partial charge on any atom is -0.325 e. The molecule has 0 aliphatic heterocycles. The van der Waals surface area contributed by atoms with Crippen LogP contribution >= 0.6 is 11.8 Å². The average molecular weight is 353 g/mol. The molecule has 5 heteroatoms. The van der Waals surface area contributed by atoms with Crippen molar-refractivity contribution in [3.05, 3.63) is 51.7 Å². The van der Waals surface area contributed by atoms with E-state index in [-0.39, 0.29) is 11.2 Å². The van der Waals surface area contributed by atoms with Gasteiger partial charge in [-0.15, -0.1) is 0 Å². The van der Waals surface area contributed by atoms with Crippen LogP contribution in [-0.2, 0) is 4.79 Å². The average Bonchev–Trinajstić information content (AvgIpc) is 2.50. The summed E-state index contributed by atoms with van der Waals surface area (Å²) < 4.78 is 0. The number of hydrogen-bond acceptors (Lipinski definition) is 4. The van der Waals surface area contributed by atoms with E-state index in [9.17, 15) is 10.1 Å². The van der Waals surface area contributed by atoms with E-state index in [0.717, 1.165) is 28.1 Å². The molecule has 2 rings (SSSR count). The predicted octanol–water partition coefficient (Wildman–Crippen LogP) is 4.61. The van der Waals surface area contributed by atoms with Gasteiger partial charge in [0, 0.05) is 11.4 Å². The summed E-state index contributed by atoms with van der Waals surface area (Å²) in [5.74, 6) is -0.0927. The van der Waals surface area contributed by atoms with Crippen molar-refractivity contribution in [2.45, 2.75) is 51.8 Å². The van der Waals surface area contributed by atoms with E-state index in [1.807, 2.05) is 47.6 Å². The fourth-order valence-corrected chi connectivity index (χ4v) is 3.87. The Balaban J connectivity index is 2.21. The molecule has 1 heterocycles. The van der Waals surface area contributed by atoms with Gasteiger partial charge in [0.2, 0.25) is 5.91 Å². The second kappa shape index (κ2) is 7.71. The Kier molecular flexibility index (Phi) is 5.86. The highest BCUT2D eigenvalue weighted by Gasteiger charge is 2.20. The molecule has 4 nitrogen and oxygen atoms in total. The molecule has 0 radical (unpaired) electrons. The Morgan fingerprint density at radius 2 is 1.72 bits per heavy atom. The Labute approximate surface area is 153 Å². The lowest BCUT2D eigenvalue weighted by Crippen LogP contribution is -2.23. The number of aromatic nitrogens is 1. The number of thioether (sulfide) groups is 1. The molecule has 0 aliphatic rings. The molecule has 0 fully saturated rings. The second-order valence-corrected chi connectivity index (χ2v) is 7.73. The van der Waals surface area contributed by atoms with Gasteiger partial charge in [-0.3, -0.25) is 4.79 Å². The number of hydrogen-bond donors (Lipinski definition) is 1. The summed E-state index contributed by atoms with van der Waals surface area (Å²) in [4.78, 5) is 17.1. The third-order valence-electron chi connectivity index (χ3n) is 4.01. The van der Waals surface area contributed by atoms with Gasteiger partial charge < -0.3 is 5.32 Å². The van der Waals surface area contributed by atoms with Gasteiger partial charge in [0.1, 0.15) is 11.1 Å². The number of carbonyl (C=O) groups excluding carboxylic acids is 1. The summed E-state index contributed by atoms with van der Waals surface area (Å²) in [6.45, 7) is 11.6. The number of pyridine rings is 1. The monoisotopic (exact) mass is 353 g/mol. The van der Waals surface area contributed by atoms with Crippen LogP contribution in [0.25, 0.3) is 0 Å². The molecule has 1 N–H and O–H groups in total. The third-order valence-corrected chi connectivity index (χ3v) is 5.09. The smallest absolute Gasteiger partial charge is 0.237 e. The van der Waals surface area contributed by atoms with Gasteiger partial charge in [0.05, 0.1) is 10.8 Å². The highest BCUT2D eigenvalue weighted by atomic mass is 32.2. The van der Waals surface area contributed by atoms with Gasteiger partial charge in [0.15, 0.2) is 0 Å². The normalized spacial score (nSPS) is 11.7. The van der Waals surface area contributed by atoms with Gasteiger partial charge in [-0.2, -0.15) is 5.26 Å². The quantitative estimate of drug-likeness (QED) is 0.815. The predicted molar refractivity (Wildman–Crippen MR) is 103 cm³/mol. The lowest BCUT2D eigenvalue weighted by molar-refractivity contribution is -0.115. The van der Waals surface area contributed by atoms with E-state index >= 15 is 0 Å². The summed E-state index contributed by atoms with van der Waals surface area (Å²) in [5, 5.41) is 12.6. The first-order valence-electron chi connectivity index (χ1n) is 8.16. The Hall–Kier alpha value is -2.32. The third kappa shape index (κ3) is 4.40. The number of benzene rings is 1. The van der Waals surface area contributed by atoms with Crippen molar-refractivity contribution in [3.8, 4) is 6.07 Å². The molecule has 0 bridgehead atoms. The number of carbonyl (C=O) groups is 1. The van der Waals surface area contributed by atoms with Crippen LogP contribution < -0.4 is 5.32 Å². The fourth-order valence-electron chi connectivity index (χ4n) is 2.85. The van der Waals surface area contributed by atoms with E-state index in [0.29, 0.717) is 10.6 Å². The lowest BCUT2D eigenvalue weighted by Gasteiger charge is -2.16. The van der Waals surface area contributed by atoms with Crippen LogP contribution in [0.1, 0.15) is 40.4 Å². The lowest BCUT2D eigenvalue weighted by atomic mass is 10.1. The van der Waals surface area contributed by atoms with Crippen LogP contribution in [0, 0.1) is 45.9 Å².